The third kappa shape index (κ3) is 5.36. The number of fused-ring (bicyclic) bond motifs is 1. The number of ether oxygens (including phenoxy) is 3. The quantitative estimate of drug-likeness (QED) is 0.174. The van der Waals surface area contributed by atoms with Crippen LogP contribution < -0.4 is 9.47 Å². The summed E-state index contributed by atoms with van der Waals surface area (Å²) in [5.74, 6) is -0.0421. The summed E-state index contributed by atoms with van der Waals surface area (Å²) in [6, 6.07) is 16.9. The number of carbonyl (C=O) groups is 3. The second-order valence-corrected chi connectivity index (χ2v) is 10.1. The lowest BCUT2D eigenvalue weighted by atomic mass is 10.1. The number of esters is 1. The predicted molar refractivity (Wildman–Crippen MR) is 148 cm³/mol. The molecule has 1 heterocycles. The highest BCUT2D eigenvalue weighted by Crippen LogP contribution is 2.38. The largest absolute Gasteiger partial charge is 0.490 e. The van der Waals surface area contributed by atoms with Crippen LogP contribution in [-0.2, 0) is 20.9 Å². The van der Waals surface area contributed by atoms with Crippen LogP contribution in [0.4, 0.5) is 4.79 Å². The van der Waals surface area contributed by atoms with Gasteiger partial charge < -0.3 is 14.2 Å². The molecule has 0 aliphatic carbocycles. The lowest BCUT2D eigenvalue weighted by molar-refractivity contribution is -0.148. The first-order chi connectivity index (χ1) is 17.3. The number of halogens is 1. The highest BCUT2D eigenvalue weighted by atomic mass is 127. The Bertz CT molecular complexity index is 1370. The van der Waals surface area contributed by atoms with E-state index in [9.17, 15) is 14.4 Å². The number of thioether (sulfide) groups is 1. The first kappa shape index (κ1) is 26.0. The number of benzene rings is 3. The maximum atomic E-state index is 12.9. The molecule has 1 aliphatic heterocycles. The molecule has 36 heavy (non-hydrogen) atoms. The normalized spacial score (nSPS) is 15.4. The van der Waals surface area contributed by atoms with E-state index in [4.69, 9.17) is 9.47 Å². The van der Waals surface area contributed by atoms with E-state index in [1.54, 1.807) is 12.1 Å². The smallest absolute Gasteiger partial charge is 0.328 e. The van der Waals surface area contributed by atoms with Gasteiger partial charge in [-0.2, -0.15) is 0 Å². The minimum atomic E-state index is -1.00. The average molecular weight is 617 g/mol. The third-order valence-corrected chi connectivity index (χ3v) is 7.32. The van der Waals surface area contributed by atoms with Crippen LogP contribution >= 0.6 is 34.4 Å². The van der Waals surface area contributed by atoms with Crippen LogP contribution in [0.1, 0.15) is 25.0 Å². The molecule has 186 valence electrons. The van der Waals surface area contributed by atoms with E-state index in [2.05, 4.69) is 45.5 Å². The van der Waals surface area contributed by atoms with Crippen LogP contribution in [0.3, 0.4) is 0 Å². The van der Waals surface area contributed by atoms with Gasteiger partial charge >= 0.3 is 5.97 Å². The van der Waals surface area contributed by atoms with E-state index in [-0.39, 0.29) is 4.91 Å². The number of amides is 2. The molecule has 0 saturated carbocycles. The lowest BCUT2D eigenvalue weighted by Gasteiger charge is -2.18. The molecule has 9 heteroatoms. The highest BCUT2D eigenvalue weighted by Gasteiger charge is 2.41. The van der Waals surface area contributed by atoms with Crippen molar-refractivity contribution in [1.29, 1.82) is 0 Å². The lowest BCUT2D eigenvalue weighted by Crippen LogP contribution is -2.42. The van der Waals surface area contributed by atoms with Crippen LogP contribution in [0.2, 0.25) is 0 Å². The zero-order valence-corrected chi connectivity index (χ0v) is 22.9. The molecule has 0 aromatic heterocycles. The van der Waals surface area contributed by atoms with Gasteiger partial charge in [0, 0.05) is 0 Å². The summed E-state index contributed by atoms with van der Waals surface area (Å²) in [6.45, 7) is 4.13. The number of methoxy groups -OCH3 is 1. The topological polar surface area (TPSA) is 82.1 Å². The maximum Gasteiger partial charge on any atom is 0.328 e. The molecule has 0 unspecified atom stereocenters. The predicted octanol–water partition coefficient (Wildman–Crippen LogP) is 6.02. The van der Waals surface area contributed by atoms with Crippen molar-refractivity contribution in [3.8, 4) is 11.5 Å². The van der Waals surface area contributed by atoms with Crippen LogP contribution in [0, 0.1) is 3.57 Å². The van der Waals surface area contributed by atoms with Crippen molar-refractivity contribution < 1.29 is 28.6 Å². The van der Waals surface area contributed by atoms with Crippen molar-refractivity contribution in [3.63, 3.8) is 0 Å². The second-order valence-electron chi connectivity index (χ2n) is 7.94. The summed E-state index contributed by atoms with van der Waals surface area (Å²) in [7, 11) is 1.22. The molecular weight excluding hydrogens is 593 g/mol. The number of rotatable bonds is 8. The Hall–Kier alpha value is -3.05. The zero-order valence-electron chi connectivity index (χ0n) is 19.9. The summed E-state index contributed by atoms with van der Waals surface area (Å²) in [5, 5.41) is 1.75. The van der Waals surface area contributed by atoms with Crippen LogP contribution in [0.15, 0.2) is 59.5 Å². The van der Waals surface area contributed by atoms with Gasteiger partial charge in [0.1, 0.15) is 12.6 Å². The van der Waals surface area contributed by atoms with Gasteiger partial charge in [0.25, 0.3) is 11.1 Å². The standard InChI is InChI=1S/C27H24INO6S/c1-4-34-22-13-17(14-23-25(30)29(27(32)36-23)16(2)26(31)33-3)12-21(28)24(22)35-15-19-10-7-9-18-8-5-6-11-20(18)19/h5-14,16H,4,15H2,1-3H3/b23-14+/t16-/m1/s1. The van der Waals surface area contributed by atoms with Gasteiger partial charge in [0.2, 0.25) is 0 Å². The van der Waals surface area contributed by atoms with Crippen molar-refractivity contribution in [1.82, 2.24) is 4.90 Å². The molecule has 1 aliphatic rings. The zero-order chi connectivity index (χ0) is 25.8. The summed E-state index contributed by atoms with van der Waals surface area (Å²) >= 11 is 2.96. The van der Waals surface area contributed by atoms with Gasteiger partial charge in [0.15, 0.2) is 11.5 Å². The molecule has 2 amide bonds. The fourth-order valence-corrected chi connectivity index (χ4v) is 5.57. The molecule has 1 atom stereocenters. The van der Waals surface area contributed by atoms with Gasteiger partial charge in [-0.15, -0.1) is 0 Å². The SMILES string of the molecule is CCOc1cc(/C=C2/SC(=O)N([C@H](C)C(=O)OC)C2=O)cc(I)c1OCc1cccc2ccccc12. The van der Waals surface area contributed by atoms with Gasteiger partial charge in [-0.3, -0.25) is 14.5 Å². The number of nitrogens with zero attached hydrogens (tertiary/aromatic N) is 1. The third-order valence-electron chi connectivity index (χ3n) is 5.63. The van der Waals surface area contributed by atoms with Crippen LogP contribution in [0.25, 0.3) is 16.8 Å². The molecule has 4 rings (SSSR count). The highest BCUT2D eigenvalue weighted by molar-refractivity contribution is 14.1. The molecule has 3 aromatic rings. The fraction of sp³-hybridized carbons (Fsp3) is 0.222. The molecule has 1 fully saturated rings. The van der Waals surface area contributed by atoms with E-state index in [1.807, 2.05) is 37.3 Å². The Morgan fingerprint density at radius 3 is 2.61 bits per heavy atom. The van der Waals surface area contributed by atoms with E-state index in [0.717, 1.165) is 36.6 Å². The second kappa shape index (κ2) is 11.3. The molecule has 1 saturated heterocycles. The molecule has 0 radical (unpaired) electrons. The number of hydrogen-bond acceptors (Lipinski definition) is 7. The average Bonchev–Trinajstić information content (AvgIpc) is 3.15. The molecule has 3 aromatic carbocycles. The van der Waals surface area contributed by atoms with Crippen molar-refractivity contribution in [2.45, 2.75) is 26.5 Å². The van der Waals surface area contributed by atoms with Gasteiger partial charge in [-0.1, -0.05) is 42.5 Å². The van der Waals surface area contributed by atoms with Gasteiger partial charge in [0.05, 0.1) is 22.2 Å². The van der Waals surface area contributed by atoms with Crippen LogP contribution in [0.5, 0.6) is 11.5 Å². The van der Waals surface area contributed by atoms with Crippen molar-refractivity contribution in [2.75, 3.05) is 13.7 Å². The molecular formula is C27H24INO6S. The Morgan fingerprint density at radius 2 is 1.86 bits per heavy atom. The van der Waals surface area contributed by atoms with Crippen molar-refractivity contribution >= 4 is 68.3 Å². The molecule has 0 spiro atoms. The molecule has 7 nitrogen and oxygen atoms in total. The first-order valence-electron chi connectivity index (χ1n) is 11.2. The minimum Gasteiger partial charge on any atom is -0.490 e. The Morgan fingerprint density at radius 1 is 1.11 bits per heavy atom. The van der Waals surface area contributed by atoms with E-state index < -0.39 is 23.2 Å². The monoisotopic (exact) mass is 617 g/mol. The number of imide groups is 1. The number of hydrogen-bond donors (Lipinski definition) is 0. The summed E-state index contributed by atoms with van der Waals surface area (Å²) in [4.78, 5) is 38.3. The summed E-state index contributed by atoms with van der Waals surface area (Å²) < 4.78 is 17.6. The van der Waals surface area contributed by atoms with Gasteiger partial charge in [-0.25, -0.2) is 4.79 Å². The van der Waals surface area contributed by atoms with E-state index in [0.29, 0.717) is 30.3 Å². The van der Waals surface area contributed by atoms with E-state index in [1.165, 1.54) is 14.0 Å². The number of carbonyl (C=O) groups excluding carboxylic acids is 3. The molecule has 0 N–H and O–H groups in total. The van der Waals surface area contributed by atoms with Crippen molar-refractivity contribution in [3.05, 3.63) is 74.2 Å². The molecule has 0 bridgehead atoms. The van der Waals surface area contributed by atoms with Crippen molar-refractivity contribution in [2.24, 2.45) is 0 Å². The fourth-order valence-electron chi connectivity index (χ4n) is 3.88. The first-order valence-corrected chi connectivity index (χ1v) is 13.1. The van der Waals surface area contributed by atoms with Crippen LogP contribution in [-0.4, -0.2) is 41.8 Å². The Labute approximate surface area is 226 Å². The van der Waals surface area contributed by atoms with Gasteiger partial charge in [-0.05, 0) is 88.3 Å². The Balaban J connectivity index is 1.61. The minimum absolute atomic E-state index is 0.221. The summed E-state index contributed by atoms with van der Waals surface area (Å²) in [6.07, 6.45) is 1.62. The Kier molecular flexibility index (Phi) is 8.20. The summed E-state index contributed by atoms with van der Waals surface area (Å²) in [5.41, 5.74) is 1.74. The maximum absolute atomic E-state index is 12.9. The van der Waals surface area contributed by atoms with E-state index >= 15 is 0 Å².